The van der Waals surface area contributed by atoms with E-state index in [0.717, 1.165) is 17.7 Å². The SMILES string of the molecule is CC1CN(C(C)(C)CNC(=O)CCn2cnc3c2c(=O)n(C)c(=O)n3C)CC(C)O1. The first-order valence-electron chi connectivity index (χ1n) is 10.3. The molecule has 1 aliphatic heterocycles. The predicted molar refractivity (Wildman–Crippen MR) is 114 cm³/mol. The van der Waals surface area contributed by atoms with Crippen molar-refractivity contribution in [3.05, 3.63) is 27.2 Å². The molecule has 1 aliphatic rings. The lowest BCUT2D eigenvalue weighted by molar-refractivity contribution is -0.123. The number of aryl methyl sites for hydroxylation is 2. The number of carbonyl (C=O) groups excluding carboxylic acids is 1. The molecule has 0 radical (unpaired) electrons. The Labute approximate surface area is 175 Å². The standard InChI is InChI=1S/C20H32N6O4/c1-13-9-26(10-14(2)30-13)20(3,4)11-21-15(27)7-8-25-12-22-17-16(25)18(28)24(6)19(29)23(17)5/h12-14H,7-11H2,1-6H3,(H,21,27). The fraction of sp³-hybridized carbons (Fsp3) is 0.700. The third-order valence-electron chi connectivity index (χ3n) is 5.79. The lowest BCUT2D eigenvalue weighted by Crippen LogP contribution is -2.58. The lowest BCUT2D eigenvalue weighted by Gasteiger charge is -2.45. The molecule has 1 amide bonds. The molecule has 1 fully saturated rings. The van der Waals surface area contributed by atoms with Gasteiger partial charge in [0.05, 0.1) is 18.5 Å². The summed E-state index contributed by atoms with van der Waals surface area (Å²) in [5.74, 6) is -0.0964. The Hall–Kier alpha value is -2.46. The predicted octanol–water partition coefficient (Wildman–Crippen LogP) is -0.172. The van der Waals surface area contributed by atoms with Gasteiger partial charge in [0.2, 0.25) is 5.91 Å². The van der Waals surface area contributed by atoms with E-state index in [9.17, 15) is 14.4 Å². The fourth-order valence-corrected chi connectivity index (χ4v) is 3.98. The van der Waals surface area contributed by atoms with Crippen molar-refractivity contribution < 1.29 is 9.53 Å². The first-order valence-corrected chi connectivity index (χ1v) is 10.3. The van der Waals surface area contributed by atoms with Gasteiger partial charge in [-0.05, 0) is 27.7 Å². The molecule has 3 rings (SSSR count). The van der Waals surface area contributed by atoms with Crippen LogP contribution in [0.2, 0.25) is 0 Å². The maximum absolute atomic E-state index is 12.5. The first-order chi connectivity index (χ1) is 14.0. The van der Waals surface area contributed by atoms with Gasteiger partial charge in [-0.2, -0.15) is 0 Å². The maximum atomic E-state index is 12.5. The Morgan fingerprint density at radius 1 is 1.20 bits per heavy atom. The Kier molecular flexibility index (Phi) is 6.19. The summed E-state index contributed by atoms with van der Waals surface area (Å²) in [7, 11) is 3.01. The van der Waals surface area contributed by atoms with E-state index in [4.69, 9.17) is 4.74 Å². The van der Waals surface area contributed by atoms with E-state index in [1.807, 2.05) is 0 Å². The number of carbonyl (C=O) groups is 1. The molecule has 0 saturated carbocycles. The number of hydrogen-bond acceptors (Lipinski definition) is 6. The van der Waals surface area contributed by atoms with Gasteiger partial charge in [0, 0.05) is 52.2 Å². The molecule has 0 aliphatic carbocycles. The van der Waals surface area contributed by atoms with Gasteiger partial charge in [-0.25, -0.2) is 9.78 Å². The zero-order chi connectivity index (χ0) is 22.2. The number of nitrogens with zero attached hydrogens (tertiary/aromatic N) is 5. The van der Waals surface area contributed by atoms with Gasteiger partial charge in [0.1, 0.15) is 0 Å². The molecule has 10 nitrogen and oxygen atoms in total. The normalized spacial score (nSPS) is 20.6. The summed E-state index contributed by atoms with van der Waals surface area (Å²) in [4.78, 5) is 43.5. The van der Waals surface area contributed by atoms with Crippen LogP contribution < -0.4 is 16.6 Å². The second kappa shape index (κ2) is 8.35. The molecule has 2 aromatic rings. The zero-order valence-electron chi connectivity index (χ0n) is 18.6. The highest BCUT2D eigenvalue weighted by Gasteiger charge is 2.33. The second-order valence-electron chi connectivity index (χ2n) is 8.82. The number of morpholine rings is 1. The molecular formula is C20H32N6O4. The molecule has 3 heterocycles. The molecule has 0 spiro atoms. The van der Waals surface area contributed by atoms with Crippen molar-refractivity contribution >= 4 is 17.1 Å². The molecule has 1 N–H and O–H groups in total. The smallest absolute Gasteiger partial charge is 0.332 e. The summed E-state index contributed by atoms with van der Waals surface area (Å²) in [6.45, 7) is 10.8. The number of imidazole rings is 1. The van der Waals surface area contributed by atoms with Crippen LogP contribution in [0.15, 0.2) is 15.9 Å². The quantitative estimate of drug-likeness (QED) is 0.696. The highest BCUT2D eigenvalue weighted by molar-refractivity contribution is 5.76. The number of ether oxygens (including phenoxy) is 1. The van der Waals surface area contributed by atoms with Crippen LogP contribution in [-0.2, 0) is 30.2 Å². The van der Waals surface area contributed by atoms with Gasteiger partial charge in [-0.15, -0.1) is 0 Å². The number of amides is 1. The number of aromatic nitrogens is 4. The Bertz CT molecular complexity index is 1040. The number of fused-ring (bicyclic) bond motifs is 1. The number of rotatable bonds is 6. The molecule has 30 heavy (non-hydrogen) atoms. The van der Waals surface area contributed by atoms with Crippen molar-refractivity contribution in [1.82, 2.24) is 28.9 Å². The van der Waals surface area contributed by atoms with Gasteiger partial charge >= 0.3 is 5.69 Å². The van der Waals surface area contributed by atoms with Gasteiger partial charge in [-0.3, -0.25) is 23.6 Å². The third kappa shape index (κ3) is 4.34. The molecule has 2 unspecified atom stereocenters. The minimum Gasteiger partial charge on any atom is -0.373 e. The second-order valence-corrected chi connectivity index (χ2v) is 8.82. The molecule has 10 heteroatoms. The third-order valence-corrected chi connectivity index (χ3v) is 5.79. The average molecular weight is 421 g/mol. The fourth-order valence-electron chi connectivity index (χ4n) is 3.98. The molecule has 1 saturated heterocycles. The van der Waals surface area contributed by atoms with Crippen LogP contribution in [0.25, 0.3) is 11.2 Å². The maximum Gasteiger partial charge on any atom is 0.332 e. The average Bonchev–Trinajstić information content (AvgIpc) is 3.11. The van der Waals surface area contributed by atoms with E-state index in [1.54, 1.807) is 11.6 Å². The van der Waals surface area contributed by atoms with Gasteiger partial charge in [0.25, 0.3) is 5.56 Å². The molecular weight excluding hydrogens is 388 g/mol. The molecule has 0 aromatic carbocycles. The highest BCUT2D eigenvalue weighted by Crippen LogP contribution is 2.20. The summed E-state index contributed by atoms with van der Waals surface area (Å²) >= 11 is 0. The largest absolute Gasteiger partial charge is 0.373 e. The lowest BCUT2D eigenvalue weighted by atomic mass is 10.00. The first kappa shape index (κ1) is 22.2. The Balaban J connectivity index is 1.63. The van der Waals surface area contributed by atoms with Crippen molar-refractivity contribution in [2.45, 2.75) is 58.4 Å². The van der Waals surface area contributed by atoms with Crippen LogP contribution in [0.1, 0.15) is 34.1 Å². The van der Waals surface area contributed by atoms with Gasteiger partial charge < -0.3 is 14.6 Å². The van der Waals surface area contributed by atoms with Crippen molar-refractivity contribution in [2.24, 2.45) is 14.1 Å². The van der Waals surface area contributed by atoms with E-state index < -0.39 is 11.2 Å². The van der Waals surface area contributed by atoms with E-state index in [0.29, 0.717) is 24.3 Å². The van der Waals surface area contributed by atoms with Crippen LogP contribution in [0.4, 0.5) is 0 Å². The number of nitrogens with one attached hydrogen (secondary N) is 1. The highest BCUT2D eigenvalue weighted by atomic mass is 16.5. The van der Waals surface area contributed by atoms with Crippen LogP contribution in [0.5, 0.6) is 0 Å². The van der Waals surface area contributed by atoms with Crippen LogP contribution in [0.3, 0.4) is 0 Å². The van der Waals surface area contributed by atoms with Crippen molar-refractivity contribution in [2.75, 3.05) is 19.6 Å². The minimum absolute atomic E-state index is 0.0964. The molecule has 0 bridgehead atoms. The van der Waals surface area contributed by atoms with Crippen molar-refractivity contribution in [3.8, 4) is 0 Å². The minimum atomic E-state index is -0.426. The monoisotopic (exact) mass is 420 g/mol. The van der Waals surface area contributed by atoms with Gasteiger partial charge in [-0.1, -0.05) is 0 Å². The Morgan fingerprint density at radius 3 is 2.47 bits per heavy atom. The van der Waals surface area contributed by atoms with Crippen molar-refractivity contribution in [3.63, 3.8) is 0 Å². The van der Waals surface area contributed by atoms with E-state index in [1.165, 1.54) is 17.9 Å². The van der Waals surface area contributed by atoms with E-state index in [2.05, 4.69) is 42.9 Å². The van der Waals surface area contributed by atoms with Crippen molar-refractivity contribution in [1.29, 1.82) is 0 Å². The van der Waals surface area contributed by atoms with Gasteiger partial charge in [0.15, 0.2) is 11.2 Å². The Morgan fingerprint density at radius 2 is 1.83 bits per heavy atom. The summed E-state index contributed by atoms with van der Waals surface area (Å²) in [6.07, 6.45) is 2.04. The van der Waals surface area contributed by atoms with E-state index >= 15 is 0 Å². The summed E-state index contributed by atoms with van der Waals surface area (Å²) in [5, 5.41) is 3.01. The zero-order valence-corrected chi connectivity index (χ0v) is 18.6. The molecule has 2 atom stereocenters. The molecule has 2 aromatic heterocycles. The summed E-state index contributed by atoms with van der Waals surface area (Å²) in [5.41, 5.74) is -0.394. The molecule has 166 valence electrons. The van der Waals surface area contributed by atoms with Crippen LogP contribution in [0, 0.1) is 0 Å². The van der Waals surface area contributed by atoms with E-state index in [-0.39, 0.29) is 30.1 Å². The number of hydrogen-bond donors (Lipinski definition) is 1. The topological polar surface area (TPSA) is 103 Å². The van der Waals surface area contributed by atoms with Crippen LogP contribution >= 0.6 is 0 Å². The summed E-state index contributed by atoms with van der Waals surface area (Å²) < 4.78 is 9.81. The van der Waals surface area contributed by atoms with Crippen LogP contribution in [-0.4, -0.2) is 66.9 Å². The summed E-state index contributed by atoms with van der Waals surface area (Å²) in [6, 6.07) is 0.